The van der Waals surface area contributed by atoms with Gasteiger partial charge in [-0.15, -0.1) is 0 Å². The molecule has 232 valence electrons. The number of halogens is 12. The molecular weight excluding hydrogens is 655 g/mol. The lowest BCUT2D eigenvalue weighted by Gasteiger charge is -2.20. The van der Waals surface area contributed by atoms with Crippen molar-refractivity contribution in [2.75, 3.05) is 11.5 Å². The first-order chi connectivity index (χ1) is 18.9. The molecule has 0 aromatic heterocycles. The van der Waals surface area contributed by atoms with Gasteiger partial charge in [0.2, 0.25) is 0 Å². The Labute approximate surface area is 242 Å². The standard InChI is InChI=1S/C25H19Cl2F10NO3S/c1-3-13-6-15(8-19(26)21(13)27)17(24(32,33)34)9-20(28)14-4-5-16(18(7-14)25(35,36)37)22(39)38-12(2)10-42(40,41)11-23(29,30)31/h3-9,12,17H,1,10-11H2,2H3,(H,38,39)/b20-9-. The smallest absolute Gasteiger partial charge is 0.349 e. The third kappa shape index (κ3) is 9.63. The zero-order valence-corrected chi connectivity index (χ0v) is 23.3. The Morgan fingerprint density at radius 1 is 1.02 bits per heavy atom. The lowest BCUT2D eigenvalue weighted by molar-refractivity contribution is -0.140. The van der Waals surface area contributed by atoms with Crippen molar-refractivity contribution >= 4 is 50.8 Å². The minimum absolute atomic E-state index is 0.00471. The molecule has 17 heteroatoms. The van der Waals surface area contributed by atoms with Gasteiger partial charge in [-0.3, -0.25) is 4.79 Å². The first-order valence-corrected chi connectivity index (χ1v) is 13.9. The summed E-state index contributed by atoms with van der Waals surface area (Å²) in [5.41, 5.74) is -4.64. The summed E-state index contributed by atoms with van der Waals surface area (Å²) >= 11 is 11.7. The van der Waals surface area contributed by atoms with Gasteiger partial charge in [0.05, 0.1) is 26.9 Å². The Hall–Kier alpha value is -2.78. The number of hydrogen-bond donors (Lipinski definition) is 1. The molecule has 0 aliphatic carbocycles. The van der Waals surface area contributed by atoms with Crippen molar-refractivity contribution in [3.63, 3.8) is 0 Å². The second kappa shape index (κ2) is 12.8. The fraction of sp³-hybridized carbons (Fsp3) is 0.320. The third-order valence-electron chi connectivity index (χ3n) is 5.43. The largest absolute Gasteiger partial charge is 0.417 e. The molecule has 1 amide bonds. The molecule has 0 radical (unpaired) electrons. The van der Waals surface area contributed by atoms with Crippen molar-refractivity contribution in [1.82, 2.24) is 5.32 Å². The zero-order valence-electron chi connectivity index (χ0n) is 21.0. The van der Waals surface area contributed by atoms with E-state index in [0.717, 1.165) is 25.1 Å². The van der Waals surface area contributed by atoms with Crippen LogP contribution in [0.15, 0.2) is 43.0 Å². The van der Waals surface area contributed by atoms with Gasteiger partial charge in [0.15, 0.2) is 9.84 Å². The van der Waals surface area contributed by atoms with Gasteiger partial charge >= 0.3 is 18.5 Å². The van der Waals surface area contributed by atoms with Crippen LogP contribution in [-0.4, -0.2) is 44.2 Å². The Bertz CT molecular complexity index is 1480. The molecule has 0 aliphatic heterocycles. The minimum atomic E-state index is -5.36. The van der Waals surface area contributed by atoms with Gasteiger partial charge < -0.3 is 5.32 Å². The molecule has 2 rings (SSSR count). The lowest BCUT2D eigenvalue weighted by Crippen LogP contribution is -2.40. The number of allylic oxidation sites excluding steroid dienone is 1. The van der Waals surface area contributed by atoms with Crippen molar-refractivity contribution in [2.45, 2.75) is 37.4 Å². The average Bonchev–Trinajstić information content (AvgIpc) is 2.80. The Balaban J connectivity index is 2.49. The van der Waals surface area contributed by atoms with E-state index in [0.29, 0.717) is 12.1 Å². The first-order valence-electron chi connectivity index (χ1n) is 11.3. The van der Waals surface area contributed by atoms with Crippen LogP contribution in [0.1, 0.15) is 45.5 Å². The van der Waals surface area contributed by atoms with E-state index in [1.165, 1.54) is 0 Å². The average molecular weight is 674 g/mol. The van der Waals surface area contributed by atoms with Crippen molar-refractivity contribution in [3.05, 3.63) is 80.8 Å². The van der Waals surface area contributed by atoms with E-state index >= 15 is 4.39 Å². The molecule has 2 unspecified atom stereocenters. The van der Waals surface area contributed by atoms with Gasteiger partial charge in [0, 0.05) is 11.6 Å². The predicted molar refractivity (Wildman–Crippen MR) is 138 cm³/mol. The molecular formula is C25H19Cl2F10NO3S. The first kappa shape index (κ1) is 35.4. The van der Waals surface area contributed by atoms with Crippen molar-refractivity contribution < 1.29 is 57.1 Å². The summed E-state index contributed by atoms with van der Waals surface area (Å²) in [5.74, 6) is -9.54. The molecule has 0 bridgehead atoms. The van der Waals surface area contributed by atoms with Crippen LogP contribution >= 0.6 is 23.2 Å². The highest BCUT2D eigenvalue weighted by molar-refractivity contribution is 7.91. The van der Waals surface area contributed by atoms with E-state index in [9.17, 15) is 52.7 Å². The summed E-state index contributed by atoms with van der Waals surface area (Å²) in [6.07, 6.45) is -14.5. The summed E-state index contributed by atoms with van der Waals surface area (Å²) in [6.45, 7) is 4.30. The quantitative estimate of drug-likeness (QED) is 0.272. The molecule has 2 atom stereocenters. The van der Waals surface area contributed by atoms with Crippen LogP contribution in [-0.2, 0) is 16.0 Å². The zero-order chi connectivity index (χ0) is 32.4. The van der Waals surface area contributed by atoms with Gasteiger partial charge in [0.1, 0.15) is 17.5 Å². The second-order valence-electron chi connectivity index (χ2n) is 8.95. The SMILES string of the molecule is C=Cc1cc(C(/C=C(\F)c2ccc(C(=O)NC(C)CS(=O)(=O)CC(F)(F)F)c(C(F)(F)F)c2)C(F)(F)F)cc(Cl)c1Cl. The van der Waals surface area contributed by atoms with Crippen LogP contribution in [0.5, 0.6) is 0 Å². The number of rotatable bonds is 9. The molecule has 2 aromatic rings. The number of amides is 1. The lowest BCUT2D eigenvalue weighted by atomic mass is 9.94. The van der Waals surface area contributed by atoms with Crippen LogP contribution in [0.2, 0.25) is 10.0 Å². The molecule has 4 nitrogen and oxygen atoms in total. The third-order valence-corrected chi connectivity index (χ3v) is 8.03. The highest BCUT2D eigenvalue weighted by atomic mass is 35.5. The highest BCUT2D eigenvalue weighted by Gasteiger charge is 2.41. The number of sulfone groups is 1. The molecule has 1 N–H and O–H groups in total. The second-order valence-corrected chi connectivity index (χ2v) is 11.8. The maximum atomic E-state index is 15.1. The Morgan fingerprint density at radius 2 is 1.62 bits per heavy atom. The van der Waals surface area contributed by atoms with E-state index in [1.807, 2.05) is 5.32 Å². The van der Waals surface area contributed by atoms with Gasteiger partial charge in [-0.2, -0.15) is 39.5 Å². The van der Waals surface area contributed by atoms with Crippen molar-refractivity contribution in [3.8, 4) is 0 Å². The molecule has 2 aromatic carbocycles. The molecule has 0 fully saturated rings. The normalized spacial score (nSPS) is 14.8. The number of nitrogens with one attached hydrogen (secondary N) is 1. The maximum Gasteiger partial charge on any atom is 0.417 e. The predicted octanol–water partition coefficient (Wildman–Crippen LogP) is 8.41. The molecule has 0 saturated carbocycles. The van der Waals surface area contributed by atoms with Gasteiger partial charge in [0.25, 0.3) is 5.91 Å². The van der Waals surface area contributed by atoms with Gasteiger partial charge in [-0.05, 0) is 48.4 Å². The van der Waals surface area contributed by atoms with E-state index in [-0.39, 0.29) is 27.8 Å². The number of alkyl halides is 9. The van der Waals surface area contributed by atoms with E-state index in [2.05, 4.69) is 6.58 Å². The van der Waals surface area contributed by atoms with Gasteiger partial charge in [-0.1, -0.05) is 41.9 Å². The van der Waals surface area contributed by atoms with Crippen molar-refractivity contribution in [1.29, 1.82) is 0 Å². The number of hydrogen-bond acceptors (Lipinski definition) is 3. The van der Waals surface area contributed by atoms with Crippen LogP contribution in [0.25, 0.3) is 11.9 Å². The van der Waals surface area contributed by atoms with Crippen molar-refractivity contribution in [2.24, 2.45) is 0 Å². The molecule has 0 heterocycles. The Kier molecular flexibility index (Phi) is 10.8. The van der Waals surface area contributed by atoms with Crippen LogP contribution in [0.4, 0.5) is 43.9 Å². The van der Waals surface area contributed by atoms with E-state index < -0.39 is 85.8 Å². The number of carbonyl (C=O) groups excluding carboxylic acids is 1. The molecule has 42 heavy (non-hydrogen) atoms. The minimum Gasteiger partial charge on any atom is -0.349 e. The van der Waals surface area contributed by atoms with Crippen LogP contribution < -0.4 is 5.32 Å². The summed E-state index contributed by atoms with van der Waals surface area (Å²) in [6, 6.07) is 1.18. The fourth-order valence-corrected chi connectivity index (χ4v) is 5.62. The summed E-state index contributed by atoms with van der Waals surface area (Å²) in [7, 11) is -4.81. The van der Waals surface area contributed by atoms with Crippen LogP contribution in [0.3, 0.4) is 0 Å². The molecule has 0 saturated heterocycles. The van der Waals surface area contributed by atoms with Crippen LogP contribution in [0, 0.1) is 0 Å². The number of benzene rings is 2. The topological polar surface area (TPSA) is 63.2 Å². The van der Waals surface area contributed by atoms with Gasteiger partial charge in [-0.25, -0.2) is 12.8 Å². The molecule has 0 spiro atoms. The fourth-order valence-electron chi connectivity index (χ4n) is 3.74. The highest BCUT2D eigenvalue weighted by Crippen LogP contribution is 2.42. The van der Waals surface area contributed by atoms with E-state index in [4.69, 9.17) is 23.2 Å². The summed E-state index contributed by atoms with van der Waals surface area (Å²) in [4.78, 5) is 12.5. The summed E-state index contributed by atoms with van der Waals surface area (Å²) in [5, 5.41) is 1.35. The maximum absolute atomic E-state index is 15.1. The summed E-state index contributed by atoms with van der Waals surface area (Å²) < 4.78 is 159. The monoisotopic (exact) mass is 673 g/mol. The Morgan fingerprint density at radius 3 is 2.12 bits per heavy atom. The molecule has 0 aliphatic rings. The number of carbonyl (C=O) groups is 1. The van der Waals surface area contributed by atoms with E-state index in [1.54, 1.807) is 0 Å².